The summed E-state index contributed by atoms with van der Waals surface area (Å²) in [6, 6.07) is 12.8. The highest BCUT2D eigenvalue weighted by Gasteiger charge is 2.12. The van der Waals surface area contributed by atoms with Gasteiger partial charge in [-0.05, 0) is 24.3 Å². The molecule has 0 unspecified atom stereocenters. The van der Waals surface area contributed by atoms with Crippen LogP contribution < -0.4 is 5.73 Å². The van der Waals surface area contributed by atoms with Gasteiger partial charge in [0.05, 0.1) is 9.85 Å². The average Bonchev–Trinajstić information content (AvgIpc) is 2.84. The number of nitrogens with two attached hydrogens (primary N) is 1. The van der Waals surface area contributed by atoms with E-state index in [4.69, 9.17) is 17.3 Å². The van der Waals surface area contributed by atoms with Crippen LogP contribution in [-0.4, -0.2) is 10.8 Å². The molecule has 0 aliphatic carbocycles. The summed E-state index contributed by atoms with van der Waals surface area (Å²) < 4.78 is 0.679. The Labute approximate surface area is 125 Å². The minimum atomic E-state index is -0.0547. The van der Waals surface area contributed by atoms with Crippen LogP contribution >= 0.6 is 22.9 Å². The molecule has 2 N–H and O–H groups in total. The minimum absolute atomic E-state index is 0.0547. The van der Waals surface area contributed by atoms with Crippen LogP contribution in [0.1, 0.15) is 15.4 Å². The molecule has 0 amide bonds. The molecule has 0 bridgehead atoms. The second-order valence-corrected chi connectivity index (χ2v) is 6.22. The molecule has 0 atom stereocenters. The molecule has 0 spiro atoms. The van der Waals surface area contributed by atoms with Crippen molar-refractivity contribution in [1.29, 1.82) is 0 Å². The number of anilines is 1. The molecule has 0 radical (unpaired) electrons. The van der Waals surface area contributed by atoms with Crippen LogP contribution in [0.5, 0.6) is 0 Å². The van der Waals surface area contributed by atoms with Crippen molar-refractivity contribution in [3.05, 3.63) is 57.4 Å². The molecule has 0 saturated heterocycles. The SMILES string of the molecule is Nc1cc(C(=O)Cc2ccc(Cl)s2)nc2ccccc12. The van der Waals surface area contributed by atoms with Gasteiger partial charge in [-0.15, -0.1) is 11.3 Å². The van der Waals surface area contributed by atoms with Gasteiger partial charge in [0.2, 0.25) is 0 Å². The molecule has 0 aliphatic rings. The zero-order valence-corrected chi connectivity index (χ0v) is 12.0. The van der Waals surface area contributed by atoms with Gasteiger partial charge in [0, 0.05) is 22.4 Å². The molecule has 5 heteroatoms. The Morgan fingerprint density at radius 3 is 2.80 bits per heavy atom. The number of Topliss-reactive ketones (excluding diaryl/α,β-unsaturated/α-hetero) is 1. The first-order valence-electron chi connectivity index (χ1n) is 6.06. The van der Waals surface area contributed by atoms with Crippen LogP contribution in [0.4, 0.5) is 5.69 Å². The quantitative estimate of drug-likeness (QED) is 0.745. The van der Waals surface area contributed by atoms with Gasteiger partial charge in [0.1, 0.15) is 5.69 Å². The molecule has 100 valence electrons. The maximum Gasteiger partial charge on any atom is 0.186 e. The summed E-state index contributed by atoms with van der Waals surface area (Å²) in [6.45, 7) is 0. The van der Waals surface area contributed by atoms with Crippen molar-refractivity contribution in [2.24, 2.45) is 0 Å². The van der Waals surface area contributed by atoms with Crippen molar-refractivity contribution in [2.45, 2.75) is 6.42 Å². The molecule has 3 rings (SSSR count). The fourth-order valence-electron chi connectivity index (χ4n) is 2.04. The third kappa shape index (κ3) is 2.53. The van der Waals surface area contributed by atoms with Gasteiger partial charge >= 0.3 is 0 Å². The number of halogens is 1. The summed E-state index contributed by atoms with van der Waals surface area (Å²) in [5.74, 6) is -0.0547. The zero-order chi connectivity index (χ0) is 14.1. The first-order chi connectivity index (χ1) is 9.63. The van der Waals surface area contributed by atoms with E-state index in [2.05, 4.69) is 4.98 Å². The third-order valence-electron chi connectivity index (χ3n) is 3.00. The normalized spacial score (nSPS) is 10.8. The van der Waals surface area contributed by atoms with Gasteiger partial charge in [-0.1, -0.05) is 29.8 Å². The van der Waals surface area contributed by atoms with E-state index in [-0.39, 0.29) is 5.78 Å². The number of thiophene rings is 1. The predicted molar refractivity (Wildman–Crippen MR) is 83.5 cm³/mol. The molecule has 3 nitrogen and oxygen atoms in total. The van der Waals surface area contributed by atoms with Crippen LogP contribution in [0, 0.1) is 0 Å². The Balaban J connectivity index is 1.95. The zero-order valence-electron chi connectivity index (χ0n) is 10.5. The van der Waals surface area contributed by atoms with E-state index in [0.717, 1.165) is 15.8 Å². The Morgan fingerprint density at radius 2 is 2.05 bits per heavy atom. The molecule has 0 fully saturated rings. The number of para-hydroxylation sites is 1. The van der Waals surface area contributed by atoms with E-state index >= 15 is 0 Å². The van der Waals surface area contributed by atoms with E-state index in [9.17, 15) is 4.79 Å². The van der Waals surface area contributed by atoms with Crippen molar-refractivity contribution in [3.8, 4) is 0 Å². The maximum atomic E-state index is 12.3. The first-order valence-corrected chi connectivity index (χ1v) is 7.25. The lowest BCUT2D eigenvalue weighted by Crippen LogP contribution is -2.06. The number of benzene rings is 1. The molecular weight excluding hydrogens is 292 g/mol. The summed E-state index contributed by atoms with van der Waals surface area (Å²) in [5, 5.41) is 0.864. The Morgan fingerprint density at radius 1 is 1.25 bits per heavy atom. The van der Waals surface area contributed by atoms with Gasteiger partial charge in [-0.2, -0.15) is 0 Å². The molecule has 0 saturated carbocycles. The molecule has 3 aromatic rings. The largest absolute Gasteiger partial charge is 0.398 e. The van der Waals surface area contributed by atoms with Crippen LogP contribution in [0.3, 0.4) is 0 Å². The smallest absolute Gasteiger partial charge is 0.186 e. The van der Waals surface area contributed by atoms with E-state index in [1.807, 2.05) is 30.3 Å². The summed E-state index contributed by atoms with van der Waals surface area (Å²) in [7, 11) is 0. The molecule has 1 aromatic carbocycles. The number of fused-ring (bicyclic) bond motifs is 1. The second kappa shape index (κ2) is 5.23. The number of nitrogen functional groups attached to an aromatic ring is 1. The number of nitrogens with zero attached hydrogens (tertiary/aromatic N) is 1. The fourth-order valence-corrected chi connectivity index (χ4v) is 3.13. The van der Waals surface area contributed by atoms with E-state index in [1.165, 1.54) is 11.3 Å². The van der Waals surface area contributed by atoms with E-state index < -0.39 is 0 Å². The number of aromatic nitrogens is 1. The average molecular weight is 303 g/mol. The molecule has 20 heavy (non-hydrogen) atoms. The van der Waals surface area contributed by atoms with Crippen molar-refractivity contribution < 1.29 is 4.79 Å². The number of hydrogen-bond acceptors (Lipinski definition) is 4. The van der Waals surface area contributed by atoms with E-state index in [1.54, 1.807) is 12.1 Å². The Hall–Kier alpha value is -1.91. The standard InChI is InChI=1S/C15H11ClN2OS/c16-15-6-5-9(20-15)7-14(19)13-8-11(17)10-3-1-2-4-12(10)18-13/h1-6,8H,7H2,(H2,17,18). The van der Waals surface area contributed by atoms with Crippen molar-refractivity contribution in [2.75, 3.05) is 5.73 Å². The van der Waals surface area contributed by atoms with Crippen molar-refractivity contribution in [1.82, 2.24) is 4.98 Å². The molecule has 0 aliphatic heterocycles. The van der Waals surface area contributed by atoms with Crippen LogP contribution in [0.2, 0.25) is 4.34 Å². The topological polar surface area (TPSA) is 56.0 Å². The fraction of sp³-hybridized carbons (Fsp3) is 0.0667. The van der Waals surface area contributed by atoms with Crippen LogP contribution in [-0.2, 0) is 6.42 Å². The molecule has 2 aromatic heterocycles. The third-order valence-corrected chi connectivity index (χ3v) is 4.23. The maximum absolute atomic E-state index is 12.3. The number of carbonyl (C=O) groups is 1. The highest BCUT2D eigenvalue weighted by molar-refractivity contribution is 7.16. The monoisotopic (exact) mass is 302 g/mol. The number of rotatable bonds is 3. The summed E-state index contributed by atoms with van der Waals surface area (Å²) in [5.41, 5.74) is 7.68. The van der Waals surface area contributed by atoms with Gasteiger partial charge in [-0.25, -0.2) is 4.98 Å². The highest BCUT2D eigenvalue weighted by atomic mass is 35.5. The van der Waals surface area contributed by atoms with E-state index in [0.29, 0.717) is 22.1 Å². The van der Waals surface area contributed by atoms with Crippen LogP contribution in [0.15, 0.2) is 42.5 Å². The van der Waals surface area contributed by atoms with Gasteiger partial charge < -0.3 is 5.73 Å². The number of carbonyl (C=O) groups excluding carboxylic acids is 1. The summed E-state index contributed by atoms with van der Waals surface area (Å²) in [4.78, 5) is 17.6. The lowest BCUT2D eigenvalue weighted by Gasteiger charge is -2.05. The molecule has 2 heterocycles. The summed E-state index contributed by atoms with van der Waals surface area (Å²) in [6.07, 6.45) is 0.294. The predicted octanol–water partition coefficient (Wildman–Crippen LogP) is 3.96. The lowest BCUT2D eigenvalue weighted by atomic mass is 10.1. The minimum Gasteiger partial charge on any atom is -0.398 e. The van der Waals surface area contributed by atoms with Gasteiger partial charge in [0.25, 0.3) is 0 Å². The van der Waals surface area contributed by atoms with Gasteiger partial charge in [0.15, 0.2) is 5.78 Å². The Kier molecular flexibility index (Phi) is 3.42. The van der Waals surface area contributed by atoms with Gasteiger partial charge in [-0.3, -0.25) is 4.79 Å². The van der Waals surface area contributed by atoms with Crippen molar-refractivity contribution in [3.63, 3.8) is 0 Å². The first kappa shape index (κ1) is 13.1. The number of pyridine rings is 1. The molecular formula is C15H11ClN2OS. The summed E-state index contributed by atoms with van der Waals surface area (Å²) >= 11 is 7.27. The lowest BCUT2D eigenvalue weighted by molar-refractivity contribution is 0.0989. The van der Waals surface area contributed by atoms with Crippen molar-refractivity contribution >= 4 is 45.3 Å². The number of hydrogen-bond donors (Lipinski definition) is 1. The second-order valence-electron chi connectivity index (χ2n) is 4.42. The highest BCUT2D eigenvalue weighted by Crippen LogP contribution is 2.24. The Bertz CT molecular complexity index is 797. The van der Waals surface area contributed by atoms with Crippen LogP contribution in [0.25, 0.3) is 10.9 Å². The number of ketones is 1.